The number of ketones is 1. The third-order valence-electron chi connectivity index (χ3n) is 8.25. The van der Waals surface area contributed by atoms with Crippen LogP contribution in [0.4, 0.5) is 0 Å². The van der Waals surface area contributed by atoms with Crippen molar-refractivity contribution < 1.29 is 33.7 Å². The number of aliphatic hydroxyl groups excluding tert-OH is 1. The Morgan fingerprint density at radius 3 is 2.52 bits per heavy atom. The van der Waals surface area contributed by atoms with Gasteiger partial charge < -0.3 is 19.3 Å². The van der Waals surface area contributed by atoms with Crippen molar-refractivity contribution in [3.05, 3.63) is 11.6 Å². The van der Waals surface area contributed by atoms with Crippen LogP contribution in [-0.4, -0.2) is 54.3 Å². The Balaban J connectivity index is 1.90. The van der Waals surface area contributed by atoms with Crippen LogP contribution in [0.5, 0.6) is 0 Å². The number of Topliss-reactive ketones (excluding diaryl/α,β-unsaturated/α-hetero) is 1. The highest BCUT2D eigenvalue weighted by molar-refractivity contribution is 6.03. The Morgan fingerprint density at radius 2 is 1.97 bits per heavy atom. The summed E-state index contributed by atoms with van der Waals surface area (Å²) in [6.45, 7) is 11.0. The largest absolute Gasteiger partial charge is 0.459 e. The molecule has 7 heteroatoms. The van der Waals surface area contributed by atoms with E-state index in [9.17, 15) is 14.4 Å². The summed E-state index contributed by atoms with van der Waals surface area (Å²) in [6.07, 6.45) is 2.10. The van der Waals surface area contributed by atoms with Gasteiger partial charge in [0.1, 0.15) is 11.7 Å². The second kappa shape index (κ2) is 7.14. The summed E-state index contributed by atoms with van der Waals surface area (Å²) >= 11 is 0. The zero-order valence-corrected chi connectivity index (χ0v) is 19.2. The molecule has 1 heterocycles. The lowest BCUT2D eigenvalue weighted by atomic mass is 9.74. The SMILES string of the molecule is [2H]O[C@@H]1[C@@H]2[C@@H](OC(C)=O)[C@]3(CC[C@H]4[C@@H](/C=C(\C)C(=O)[C@@]2(OC(C)=O)C[C@@H]1C)C4(C)C)CO3. The minimum atomic E-state index is -1.59. The molecule has 3 fully saturated rings. The monoisotopic (exact) mass is 435 g/mol. The molecule has 0 aromatic heterocycles. The van der Waals surface area contributed by atoms with Crippen molar-refractivity contribution in [2.45, 2.75) is 84.2 Å². The molecular formula is C24H34O7. The van der Waals surface area contributed by atoms with Crippen LogP contribution in [0.3, 0.4) is 0 Å². The fourth-order valence-corrected chi connectivity index (χ4v) is 6.40. The van der Waals surface area contributed by atoms with E-state index in [2.05, 4.69) is 13.8 Å². The van der Waals surface area contributed by atoms with E-state index >= 15 is 0 Å². The van der Waals surface area contributed by atoms with Crippen molar-refractivity contribution in [1.82, 2.24) is 0 Å². The highest BCUT2D eigenvalue weighted by atomic mass is 16.6. The van der Waals surface area contributed by atoms with Crippen molar-refractivity contribution in [3.63, 3.8) is 0 Å². The standard InChI is InChI=1S/C24H34O7/c1-12-9-17-16(22(17,5)6)7-8-23(11-29-23)21(30-14(3)25)18-19(27)13(2)10-24(18,20(12)28)31-15(4)26/h9,13,16-19,21,27H,7-8,10-11H2,1-6H3/b12-9+/t13-,16-,17+,18+,19-,21+,23-,24+/m0/s1/i27D. The first-order valence-electron chi connectivity index (χ1n) is 11.7. The van der Waals surface area contributed by atoms with E-state index in [0.717, 1.165) is 6.42 Å². The van der Waals surface area contributed by atoms with E-state index < -0.39 is 41.3 Å². The molecule has 0 amide bonds. The van der Waals surface area contributed by atoms with Gasteiger partial charge in [-0.25, -0.2) is 0 Å². The fourth-order valence-electron chi connectivity index (χ4n) is 6.40. The first-order chi connectivity index (χ1) is 14.9. The summed E-state index contributed by atoms with van der Waals surface area (Å²) in [5.41, 5.74) is -1.78. The third-order valence-corrected chi connectivity index (χ3v) is 8.25. The van der Waals surface area contributed by atoms with Crippen molar-refractivity contribution in [1.29, 1.82) is 1.43 Å². The molecule has 7 nitrogen and oxygen atoms in total. The molecule has 1 aliphatic heterocycles. The van der Waals surface area contributed by atoms with Gasteiger partial charge in [0.25, 0.3) is 0 Å². The highest BCUT2D eigenvalue weighted by Gasteiger charge is 2.70. The van der Waals surface area contributed by atoms with Crippen LogP contribution in [0.1, 0.15) is 60.8 Å². The van der Waals surface area contributed by atoms with Gasteiger partial charge in [-0.1, -0.05) is 26.8 Å². The Labute approximate surface area is 185 Å². The molecule has 8 atom stereocenters. The maximum Gasteiger partial charge on any atom is 0.303 e. The van der Waals surface area contributed by atoms with Crippen molar-refractivity contribution in [2.75, 3.05) is 6.61 Å². The predicted octanol–water partition coefficient (Wildman–Crippen LogP) is 2.59. The average Bonchev–Trinajstić information content (AvgIpc) is 3.54. The normalized spacial score (nSPS) is 47.7. The molecule has 0 bridgehead atoms. The molecule has 3 aliphatic carbocycles. The lowest BCUT2D eigenvalue weighted by Crippen LogP contribution is -2.57. The molecular weight excluding hydrogens is 400 g/mol. The molecule has 31 heavy (non-hydrogen) atoms. The number of rotatable bonds is 3. The zero-order chi connectivity index (χ0) is 23.6. The summed E-state index contributed by atoms with van der Waals surface area (Å²) in [6, 6.07) is 0. The number of ether oxygens (including phenoxy) is 3. The summed E-state index contributed by atoms with van der Waals surface area (Å²) in [7, 11) is 0. The molecule has 0 radical (unpaired) electrons. The number of hydrogen-bond acceptors (Lipinski definition) is 7. The zero-order valence-electron chi connectivity index (χ0n) is 20.2. The van der Waals surface area contributed by atoms with E-state index in [1.54, 1.807) is 6.92 Å². The van der Waals surface area contributed by atoms with Gasteiger partial charge in [-0.05, 0) is 48.5 Å². The molecule has 172 valence electrons. The summed E-state index contributed by atoms with van der Waals surface area (Å²) in [5, 5.41) is 5.12. The van der Waals surface area contributed by atoms with Gasteiger partial charge in [-0.3, -0.25) is 14.4 Å². The molecule has 0 aromatic rings. The molecule has 4 rings (SSSR count). The summed E-state index contributed by atoms with van der Waals surface area (Å²) in [5.74, 6) is -1.90. The summed E-state index contributed by atoms with van der Waals surface area (Å²) in [4.78, 5) is 38.5. The highest BCUT2D eigenvalue weighted by Crippen LogP contribution is 2.63. The third kappa shape index (κ3) is 3.44. The molecule has 1 spiro atoms. The quantitative estimate of drug-likeness (QED) is 0.537. The summed E-state index contributed by atoms with van der Waals surface area (Å²) < 4.78 is 25.4. The van der Waals surface area contributed by atoms with Gasteiger partial charge in [0, 0.05) is 20.3 Å². The van der Waals surface area contributed by atoms with Gasteiger partial charge in [-0.15, -0.1) is 0 Å². The maximum absolute atomic E-state index is 14.0. The minimum absolute atomic E-state index is 0.0531. The van der Waals surface area contributed by atoms with E-state index in [4.69, 9.17) is 20.8 Å². The van der Waals surface area contributed by atoms with E-state index in [-0.39, 0.29) is 29.5 Å². The smallest absolute Gasteiger partial charge is 0.303 e. The van der Waals surface area contributed by atoms with Crippen LogP contribution < -0.4 is 0 Å². The van der Waals surface area contributed by atoms with Crippen LogP contribution in [0.2, 0.25) is 0 Å². The van der Waals surface area contributed by atoms with Crippen molar-refractivity contribution >= 4 is 17.7 Å². The fraction of sp³-hybridized carbons (Fsp3) is 0.792. The Morgan fingerprint density at radius 1 is 1.29 bits per heavy atom. The van der Waals surface area contributed by atoms with Crippen LogP contribution in [0.15, 0.2) is 11.6 Å². The van der Waals surface area contributed by atoms with E-state index in [0.29, 0.717) is 24.5 Å². The molecule has 1 saturated heterocycles. The van der Waals surface area contributed by atoms with Gasteiger partial charge in [0.05, 0.1) is 18.6 Å². The topological polar surface area (TPSA) is 102 Å². The van der Waals surface area contributed by atoms with Crippen LogP contribution in [-0.2, 0) is 28.6 Å². The van der Waals surface area contributed by atoms with E-state index in [1.165, 1.54) is 13.8 Å². The van der Waals surface area contributed by atoms with Crippen LogP contribution in [0.25, 0.3) is 0 Å². The number of fused-ring (bicyclic) bond motifs is 2. The molecule has 1 N–H and O–H groups in total. The molecule has 4 aliphatic rings. The Kier molecular flexibility index (Phi) is 4.87. The lowest BCUT2D eigenvalue weighted by Gasteiger charge is -2.40. The number of epoxide rings is 1. The second-order valence-corrected chi connectivity index (χ2v) is 10.7. The number of hydrogen-bond donors (Lipinski definition) is 1. The van der Waals surface area contributed by atoms with Gasteiger partial charge in [0.15, 0.2) is 5.60 Å². The van der Waals surface area contributed by atoms with Crippen molar-refractivity contribution in [2.24, 2.45) is 29.1 Å². The Bertz CT molecular complexity index is 860. The van der Waals surface area contributed by atoms with Crippen LogP contribution in [0, 0.1) is 29.1 Å². The second-order valence-electron chi connectivity index (χ2n) is 10.7. The Hall–Kier alpha value is -1.73. The lowest BCUT2D eigenvalue weighted by molar-refractivity contribution is -0.186. The van der Waals surface area contributed by atoms with Gasteiger partial charge >= 0.3 is 11.9 Å². The van der Waals surface area contributed by atoms with Gasteiger partial charge in [0.2, 0.25) is 7.21 Å². The number of allylic oxidation sites excluding steroid dienone is 1. The average molecular weight is 436 g/mol. The first kappa shape index (κ1) is 21.1. The molecule has 0 unspecified atom stereocenters. The number of carbonyl (C=O) groups is 3. The molecule has 2 saturated carbocycles. The first-order valence-corrected chi connectivity index (χ1v) is 11.3. The molecule has 0 aromatic carbocycles. The maximum atomic E-state index is 14.0. The number of carbonyl (C=O) groups excluding carboxylic acids is 3. The minimum Gasteiger partial charge on any atom is -0.459 e. The van der Waals surface area contributed by atoms with E-state index in [1.807, 2.05) is 13.0 Å². The number of aliphatic hydroxyl groups is 1. The number of esters is 2. The van der Waals surface area contributed by atoms with Crippen LogP contribution >= 0.6 is 0 Å². The van der Waals surface area contributed by atoms with Crippen molar-refractivity contribution in [3.8, 4) is 0 Å². The predicted molar refractivity (Wildman–Crippen MR) is 111 cm³/mol. The van der Waals surface area contributed by atoms with Gasteiger partial charge in [-0.2, -0.15) is 0 Å².